The molecule has 1 aromatic heterocycles. The number of rotatable bonds is 5. The Kier molecular flexibility index (Phi) is 5.37. The lowest BCUT2D eigenvalue weighted by Crippen LogP contribution is -2.28. The smallest absolute Gasteiger partial charge is 0.251 e. The van der Waals surface area contributed by atoms with Crippen LogP contribution < -0.4 is 16.0 Å². The molecule has 0 radical (unpaired) electrons. The number of benzene rings is 1. The van der Waals surface area contributed by atoms with Crippen molar-refractivity contribution in [3.63, 3.8) is 0 Å². The van der Waals surface area contributed by atoms with Crippen molar-refractivity contribution in [2.75, 3.05) is 25.0 Å². The van der Waals surface area contributed by atoms with Crippen molar-refractivity contribution in [3.8, 4) is 0 Å². The SMILES string of the molecule is CCNC(=O)c1ccc(C)c(NC(=O)[C@H]2CNC[C@@H]2c2cnn(C)c2)c1. The molecule has 2 aromatic rings. The third-order valence-electron chi connectivity index (χ3n) is 4.80. The molecule has 0 aliphatic carbocycles. The van der Waals surface area contributed by atoms with E-state index in [1.807, 2.05) is 39.4 Å². The average Bonchev–Trinajstić information content (AvgIpc) is 3.25. The number of carbonyl (C=O) groups excluding carboxylic acids is 2. The van der Waals surface area contributed by atoms with Crippen LogP contribution in [0.5, 0.6) is 0 Å². The van der Waals surface area contributed by atoms with E-state index in [2.05, 4.69) is 21.0 Å². The fourth-order valence-corrected chi connectivity index (χ4v) is 3.32. The number of carbonyl (C=O) groups is 2. The number of aromatic nitrogens is 2. The van der Waals surface area contributed by atoms with Crippen LogP contribution in [0.3, 0.4) is 0 Å². The second-order valence-corrected chi connectivity index (χ2v) is 6.70. The lowest BCUT2D eigenvalue weighted by atomic mass is 9.90. The summed E-state index contributed by atoms with van der Waals surface area (Å²) in [6.07, 6.45) is 3.78. The van der Waals surface area contributed by atoms with Gasteiger partial charge in [0.2, 0.25) is 5.91 Å². The summed E-state index contributed by atoms with van der Waals surface area (Å²) in [5.41, 5.74) is 3.21. The largest absolute Gasteiger partial charge is 0.352 e. The second kappa shape index (κ2) is 7.70. The summed E-state index contributed by atoms with van der Waals surface area (Å²) in [6, 6.07) is 5.36. The lowest BCUT2D eigenvalue weighted by molar-refractivity contribution is -0.119. The van der Waals surface area contributed by atoms with E-state index in [0.29, 0.717) is 24.3 Å². The van der Waals surface area contributed by atoms with Gasteiger partial charge in [0.15, 0.2) is 0 Å². The topological polar surface area (TPSA) is 88.1 Å². The monoisotopic (exact) mass is 355 g/mol. The van der Waals surface area contributed by atoms with Gasteiger partial charge in [-0.05, 0) is 37.1 Å². The molecule has 3 rings (SSSR count). The molecule has 1 saturated heterocycles. The van der Waals surface area contributed by atoms with Crippen molar-refractivity contribution < 1.29 is 9.59 Å². The van der Waals surface area contributed by atoms with Gasteiger partial charge in [-0.25, -0.2) is 0 Å². The summed E-state index contributed by atoms with van der Waals surface area (Å²) in [7, 11) is 1.87. The quantitative estimate of drug-likeness (QED) is 0.757. The lowest BCUT2D eigenvalue weighted by Gasteiger charge is -2.18. The van der Waals surface area contributed by atoms with E-state index in [1.165, 1.54) is 0 Å². The predicted molar refractivity (Wildman–Crippen MR) is 100 cm³/mol. The Hall–Kier alpha value is -2.67. The van der Waals surface area contributed by atoms with Gasteiger partial charge in [0.25, 0.3) is 5.91 Å². The van der Waals surface area contributed by atoms with E-state index in [0.717, 1.165) is 17.7 Å². The minimum absolute atomic E-state index is 0.0417. The molecule has 0 unspecified atom stereocenters. The molecule has 7 heteroatoms. The normalized spacial score (nSPS) is 19.3. The number of hydrogen-bond donors (Lipinski definition) is 3. The summed E-state index contributed by atoms with van der Waals surface area (Å²) in [4.78, 5) is 24.9. The molecule has 2 amide bonds. The van der Waals surface area contributed by atoms with Crippen molar-refractivity contribution in [1.29, 1.82) is 0 Å². The predicted octanol–water partition coefficient (Wildman–Crippen LogP) is 1.42. The maximum atomic E-state index is 12.9. The van der Waals surface area contributed by atoms with Gasteiger partial charge in [0.05, 0.1) is 12.1 Å². The summed E-state index contributed by atoms with van der Waals surface area (Å²) in [6.45, 7) is 5.74. The Morgan fingerprint density at radius 2 is 2.15 bits per heavy atom. The first-order valence-electron chi connectivity index (χ1n) is 8.88. The van der Waals surface area contributed by atoms with Crippen molar-refractivity contribution in [1.82, 2.24) is 20.4 Å². The highest BCUT2D eigenvalue weighted by atomic mass is 16.2. The van der Waals surface area contributed by atoms with Crippen LogP contribution in [-0.2, 0) is 11.8 Å². The third kappa shape index (κ3) is 3.77. The van der Waals surface area contributed by atoms with Crippen LogP contribution in [0, 0.1) is 12.8 Å². The zero-order valence-corrected chi connectivity index (χ0v) is 15.4. The third-order valence-corrected chi connectivity index (χ3v) is 4.80. The Balaban J connectivity index is 1.76. The maximum Gasteiger partial charge on any atom is 0.251 e. The molecular weight excluding hydrogens is 330 g/mol. The fraction of sp³-hybridized carbons (Fsp3) is 0.421. The van der Waals surface area contributed by atoms with Gasteiger partial charge >= 0.3 is 0 Å². The molecule has 0 saturated carbocycles. The Bertz CT molecular complexity index is 814. The minimum Gasteiger partial charge on any atom is -0.352 e. The first-order valence-corrected chi connectivity index (χ1v) is 8.88. The van der Waals surface area contributed by atoms with E-state index >= 15 is 0 Å². The molecule has 1 aliphatic rings. The molecule has 2 atom stereocenters. The molecule has 1 aliphatic heterocycles. The number of hydrogen-bond acceptors (Lipinski definition) is 4. The van der Waals surface area contributed by atoms with E-state index in [9.17, 15) is 9.59 Å². The van der Waals surface area contributed by atoms with E-state index in [-0.39, 0.29) is 23.7 Å². The van der Waals surface area contributed by atoms with Crippen LogP contribution in [-0.4, -0.2) is 41.2 Å². The van der Waals surface area contributed by atoms with E-state index < -0.39 is 0 Å². The molecule has 0 spiro atoms. The Labute approximate surface area is 153 Å². The van der Waals surface area contributed by atoms with Crippen molar-refractivity contribution in [2.45, 2.75) is 19.8 Å². The van der Waals surface area contributed by atoms with Gasteiger partial charge in [-0.15, -0.1) is 0 Å². The zero-order chi connectivity index (χ0) is 18.7. The molecular formula is C19H25N5O2. The van der Waals surface area contributed by atoms with Crippen LogP contribution in [0.25, 0.3) is 0 Å². The molecule has 0 bridgehead atoms. The van der Waals surface area contributed by atoms with Crippen molar-refractivity contribution >= 4 is 17.5 Å². The first-order chi connectivity index (χ1) is 12.5. The standard InChI is InChI=1S/C19H25N5O2/c1-4-21-18(25)13-6-5-12(2)17(7-13)23-19(26)16-10-20-9-15(16)14-8-22-24(3)11-14/h5-8,11,15-16,20H,4,9-10H2,1-3H3,(H,21,25)(H,23,26)/t15-,16+/m1/s1. The van der Waals surface area contributed by atoms with Crippen LogP contribution in [0.1, 0.15) is 34.3 Å². The second-order valence-electron chi connectivity index (χ2n) is 6.70. The molecule has 1 fully saturated rings. The molecule has 2 heterocycles. The number of aryl methyl sites for hydroxylation is 2. The van der Waals surface area contributed by atoms with Gasteiger partial charge < -0.3 is 16.0 Å². The van der Waals surface area contributed by atoms with E-state index in [4.69, 9.17) is 0 Å². The highest BCUT2D eigenvalue weighted by Gasteiger charge is 2.34. The molecule has 7 nitrogen and oxygen atoms in total. The highest BCUT2D eigenvalue weighted by molar-refractivity contribution is 5.98. The first kappa shape index (κ1) is 18.1. The maximum absolute atomic E-state index is 12.9. The minimum atomic E-state index is -0.174. The van der Waals surface area contributed by atoms with E-state index in [1.54, 1.807) is 16.8 Å². The van der Waals surface area contributed by atoms with Gasteiger partial charge in [-0.1, -0.05) is 6.07 Å². The summed E-state index contributed by atoms with van der Waals surface area (Å²) >= 11 is 0. The highest BCUT2D eigenvalue weighted by Crippen LogP contribution is 2.29. The van der Waals surface area contributed by atoms with Crippen molar-refractivity contribution in [3.05, 3.63) is 47.3 Å². The fourth-order valence-electron chi connectivity index (χ4n) is 3.32. The summed E-state index contributed by atoms with van der Waals surface area (Å²) < 4.78 is 1.75. The van der Waals surface area contributed by atoms with Crippen LogP contribution in [0.4, 0.5) is 5.69 Å². The number of amides is 2. The zero-order valence-electron chi connectivity index (χ0n) is 15.4. The Morgan fingerprint density at radius 1 is 1.35 bits per heavy atom. The van der Waals surface area contributed by atoms with Crippen molar-refractivity contribution in [2.24, 2.45) is 13.0 Å². The van der Waals surface area contributed by atoms with Crippen LogP contribution in [0.2, 0.25) is 0 Å². The Morgan fingerprint density at radius 3 is 2.85 bits per heavy atom. The van der Waals surface area contributed by atoms with Gasteiger partial charge in [0, 0.05) is 50.0 Å². The number of nitrogens with one attached hydrogen (secondary N) is 3. The number of nitrogens with zero attached hydrogens (tertiary/aromatic N) is 2. The molecule has 3 N–H and O–H groups in total. The molecule has 1 aromatic carbocycles. The van der Waals surface area contributed by atoms with Crippen LogP contribution in [0.15, 0.2) is 30.6 Å². The van der Waals surface area contributed by atoms with Crippen LogP contribution >= 0.6 is 0 Å². The summed E-state index contributed by atoms with van der Waals surface area (Å²) in [5, 5.41) is 13.3. The molecule has 26 heavy (non-hydrogen) atoms. The van der Waals surface area contributed by atoms with Gasteiger partial charge in [-0.3, -0.25) is 14.3 Å². The molecule has 138 valence electrons. The van der Waals surface area contributed by atoms with Gasteiger partial charge in [-0.2, -0.15) is 5.10 Å². The summed E-state index contributed by atoms with van der Waals surface area (Å²) in [5.74, 6) is -0.263. The number of anilines is 1. The van der Waals surface area contributed by atoms with Gasteiger partial charge in [0.1, 0.15) is 0 Å². The average molecular weight is 355 g/mol.